The van der Waals surface area contributed by atoms with Crippen LogP contribution in [0.15, 0.2) is 23.3 Å². The number of unbranched alkanes of at least 4 members (excludes halogenated alkanes) is 11. The van der Waals surface area contributed by atoms with Gasteiger partial charge in [0.15, 0.2) is 0 Å². The van der Waals surface area contributed by atoms with Crippen molar-refractivity contribution in [1.29, 1.82) is 0 Å². The third-order valence-electron chi connectivity index (χ3n) is 26.5. The lowest BCUT2D eigenvalue weighted by Crippen LogP contribution is -2.55. The van der Waals surface area contributed by atoms with Crippen LogP contribution in [-0.2, 0) is 9.59 Å². The summed E-state index contributed by atoms with van der Waals surface area (Å²) in [5.74, 6) is 21.9. The molecule has 80 heavy (non-hydrogen) atoms. The number of fused-ring (bicyclic) bond motifs is 10. The number of hydrogen-bond donors (Lipinski definition) is 2. The van der Waals surface area contributed by atoms with Crippen molar-refractivity contribution >= 4 is 11.9 Å². The van der Waals surface area contributed by atoms with Gasteiger partial charge in [0.25, 0.3) is 0 Å². The molecule has 0 radical (unpaired) electrons. The third kappa shape index (κ3) is 13.8. The summed E-state index contributed by atoms with van der Waals surface area (Å²) in [7, 11) is 0. The van der Waals surface area contributed by atoms with Gasteiger partial charge in [-0.2, -0.15) is 0 Å². The fourth-order valence-electron chi connectivity index (χ4n) is 22.0. The molecule has 0 spiro atoms. The van der Waals surface area contributed by atoms with Crippen molar-refractivity contribution in [2.24, 2.45) is 110 Å². The SMILES string of the molecule is CC(C)CCC[C@@H](C)[C@H]1CCC2C3CC=C4CC(C(CCCCCCCC#CC#CCCCCCCCCC(=O)O)(C(=O)O)C5CC[C@@]6(C)C(=CCC7C6CC[C@@]6(C)C7CC[C@@H]6[C@H](C)CCCC(C)C)C5)CC[C@]4(C)C3CC[C@@]21C. The van der Waals surface area contributed by atoms with Crippen molar-refractivity contribution in [1.82, 2.24) is 0 Å². The van der Waals surface area contributed by atoms with Gasteiger partial charge in [0.2, 0.25) is 0 Å². The number of carboxylic acids is 2. The monoisotopic (exact) mass is 1100 g/mol. The van der Waals surface area contributed by atoms with E-state index in [1.807, 2.05) is 0 Å². The van der Waals surface area contributed by atoms with Gasteiger partial charge in [-0.15, -0.1) is 0 Å². The molecule has 0 aromatic rings. The predicted molar refractivity (Wildman–Crippen MR) is 336 cm³/mol. The van der Waals surface area contributed by atoms with Gasteiger partial charge >= 0.3 is 11.9 Å². The summed E-state index contributed by atoms with van der Waals surface area (Å²) < 4.78 is 0. The van der Waals surface area contributed by atoms with Gasteiger partial charge in [0.05, 0.1) is 5.41 Å². The minimum Gasteiger partial charge on any atom is -0.481 e. The van der Waals surface area contributed by atoms with Crippen LogP contribution < -0.4 is 0 Å². The van der Waals surface area contributed by atoms with E-state index in [0.29, 0.717) is 10.8 Å². The highest BCUT2D eigenvalue weighted by Crippen LogP contribution is 2.71. The second-order valence-corrected chi connectivity index (χ2v) is 31.7. The molecule has 0 saturated heterocycles. The van der Waals surface area contributed by atoms with Crippen molar-refractivity contribution < 1.29 is 19.8 Å². The summed E-state index contributed by atoms with van der Waals surface area (Å²) in [6, 6.07) is 0. The second-order valence-electron chi connectivity index (χ2n) is 31.7. The minimum atomic E-state index is -0.690. The number of allylic oxidation sites excluding steroid dienone is 4. The number of hydrogen-bond acceptors (Lipinski definition) is 2. The second kappa shape index (κ2) is 28.2. The van der Waals surface area contributed by atoms with Gasteiger partial charge < -0.3 is 10.2 Å². The summed E-state index contributed by atoms with van der Waals surface area (Å²) in [6.45, 7) is 25.6. The van der Waals surface area contributed by atoms with Crippen LogP contribution in [0, 0.1) is 134 Å². The lowest BCUT2D eigenvalue weighted by molar-refractivity contribution is -0.163. The molecule has 0 heterocycles. The normalized spacial score (nSPS) is 36.7. The zero-order chi connectivity index (χ0) is 57.3. The zero-order valence-corrected chi connectivity index (χ0v) is 53.6. The van der Waals surface area contributed by atoms with Gasteiger partial charge in [-0.05, 0) is 245 Å². The Hall–Kier alpha value is -2.46. The first-order valence-corrected chi connectivity index (χ1v) is 35.1. The Morgan fingerprint density at radius 3 is 1.36 bits per heavy atom. The topological polar surface area (TPSA) is 74.6 Å². The van der Waals surface area contributed by atoms with E-state index in [9.17, 15) is 14.7 Å². The van der Waals surface area contributed by atoms with Crippen LogP contribution in [0.2, 0.25) is 0 Å². The van der Waals surface area contributed by atoms with Crippen LogP contribution in [0.5, 0.6) is 0 Å². The quantitative estimate of drug-likeness (QED) is 0.0465. The number of carbonyl (C=O) groups is 2. The maximum Gasteiger partial charge on any atom is 0.310 e. The van der Waals surface area contributed by atoms with Crippen LogP contribution in [0.1, 0.15) is 307 Å². The Bertz CT molecular complexity index is 2120. The van der Waals surface area contributed by atoms with Crippen LogP contribution in [0.25, 0.3) is 0 Å². The maximum absolute atomic E-state index is 14.8. The van der Waals surface area contributed by atoms with Crippen molar-refractivity contribution in [3.05, 3.63) is 23.3 Å². The first-order valence-electron chi connectivity index (χ1n) is 35.1. The Labute approximate surface area is 493 Å². The smallest absolute Gasteiger partial charge is 0.310 e. The average Bonchev–Trinajstić information content (AvgIpc) is 4.16. The zero-order valence-electron chi connectivity index (χ0n) is 53.6. The van der Waals surface area contributed by atoms with Gasteiger partial charge in [-0.25, -0.2) is 0 Å². The lowest BCUT2D eigenvalue weighted by atomic mass is 9.43. The fraction of sp³-hybridized carbons (Fsp3) is 0.868. The summed E-state index contributed by atoms with van der Waals surface area (Å²) in [4.78, 5) is 25.5. The Morgan fingerprint density at radius 1 is 0.512 bits per heavy atom. The first-order chi connectivity index (χ1) is 38.3. The Balaban J connectivity index is 0.930. The molecule has 8 rings (SSSR count). The van der Waals surface area contributed by atoms with Crippen LogP contribution in [0.4, 0.5) is 0 Å². The van der Waals surface area contributed by atoms with Crippen LogP contribution >= 0.6 is 0 Å². The van der Waals surface area contributed by atoms with Crippen molar-refractivity contribution in [3.63, 3.8) is 0 Å². The van der Waals surface area contributed by atoms with Gasteiger partial charge in [-0.3, -0.25) is 9.59 Å². The molecule has 0 aromatic carbocycles. The van der Waals surface area contributed by atoms with E-state index in [1.165, 1.54) is 116 Å². The van der Waals surface area contributed by atoms with Crippen molar-refractivity contribution in [3.8, 4) is 23.7 Å². The molecule has 6 saturated carbocycles. The molecule has 0 aliphatic heterocycles. The molecule has 450 valence electrons. The predicted octanol–water partition coefficient (Wildman–Crippen LogP) is 21.3. The number of rotatable bonds is 28. The minimum absolute atomic E-state index is 0.221. The average molecular weight is 1100 g/mol. The van der Waals surface area contributed by atoms with Gasteiger partial charge in [0.1, 0.15) is 0 Å². The molecule has 0 amide bonds. The van der Waals surface area contributed by atoms with E-state index in [0.717, 1.165) is 187 Å². The van der Waals surface area contributed by atoms with E-state index in [-0.39, 0.29) is 29.1 Å². The summed E-state index contributed by atoms with van der Waals surface area (Å²) in [5, 5.41) is 21.0. The molecule has 0 aromatic heterocycles. The van der Waals surface area contributed by atoms with Gasteiger partial charge in [0, 0.05) is 19.3 Å². The number of carboxylic acid groups (broad SMARTS) is 2. The number of aliphatic carboxylic acids is 2. The third-order valence-corrected chi connectivity index (χ3v) is 26.5. The molecule has 2 N–H and O–H groups in total. The van der Waals surface area contributed by atoms with Crippen LogP contribution in [-0.4, -0.2) is 22.2 Å². The highest BCUT2D eigenvalue weighted by Gasteiger charge is 2.64. The fourth-order valence-corrected chi connectivity index (χ4v) is 22.0. The first kappa shape index (κ1) is 63.6. The molecule has 4 nitrogen and oxygen atoms in total. The highest BCUT2D eigenvalue weighted by atomic mass is 16.4. The summed E-state index contributed by atoms with van der Waals surface area (Å²) in [6.07, 6.45) is 49.0. The molecular formula is C76H122O4. The molecule has 6 fully saturated rings. The molecule has 8 unspecified atom stereocenters. The summed E-state index contributed by atoms with van der Waals surface area (Å²) >= 11 is 0. The van der Waals surface area contributed by atoms with Crippen molar-refractivity contribution in [2.45, 2.75) is 307 Å². The van der Waals surface area contributed by atoms with E-state index in [1.54, 1.807) is 11.1 Å². The highest BCUT2D eigenvalue weighted by molar-refractivity contribution is 5.76. The molecular weight excluding hydrogens is 977 g/mol. The van der Waals surface area contributed by atoms with E-state index < -0.39 is 17.4 Å². The molecule has 4 heteroatoms. The largest absolute Gasteiger partial charge is 0.481 e. The Morgan fingerprint density at radius 2 is 0.938 bits per heavy atom. The van der Waals surface area contributed by atoms with Gasteiger partial charge in [-0.1, -0.05) is 194 Å². The molecule has 16 atom stereocenters. The standard InChI is InChI=1S/C76H122O4/c1-54(2)30-28-32-56(5)64-39-41-66-62-37-35-58-52-60(43-48-72(58,7)68(62)45-50-74(64,66)9)76(71(79)80,47-27-25-23-21-19-17-15-13-11-12-14-16-18-20-22-24-26-34-70(77)78)61-44-49-73(8)59(53-61)36-38-63-67-42-40-65(57(6)33-29-31-55(3)4)75(67,10)51-46-69(63)73/h35-36,54-57,60-69H,14,16-34,37-53H2,1-10H3,(H,77,78)(H,79,80)/t56-,57-,60?,61?,62?,63?,64-,65-,66?,67?,68?,69?,72+,73+,74-,75-,76?/m1/s1. The summed E-state index contributed by atoms with van der Waals surface area (Å²) in [5.41, 5.74) is 4.11. The van der Waals surface area contributed by atoms with Crippen LogP contribution in [0.3, 0.4) is 0 Å². The van der Waals surface area contributed by atoms with Crippen molar-refractivity contribution in [2.75, 3.05) is 0 Å². The lowest BCUT2D eigenvalue weighted by Gasteiger charge is -2.61. The molecule has 0 bridgehead atoms. The molecule has 8 aliphatic rings. The molecule has 8 aliphatic carbocycles. The Kier molecular flexibility index (Phi) is 22.4. The van der Waals surface area contributed by atoms with E-state index in [2.05, 4.69) is 105 Å². The van der Waals surface area contributed by atoms with E-state index >= 15 is 0 Å². The maximum atomic E-state index is 14.8. The van der Waals surface area contributed by atoms with E-state index in [4.69, 9.17) is 5.11 Å².